The summed E-state index contributed by atoms with van der Waals surface area (Å²) in [6.07, 6.45) is 4.70. The Bertz CT molecular complexity index is 385. The molecule has 0 saturated heterocycles. The molecule has 0 radical (unpaired) electrons. The van der Waals surface area contributed by atoms with Crippen molar-refractivity contribution in [3.05, 3.63) is 0 Å². The third-order valence-corrected chi connectivity index (χ3v) is 3.92. The molecule has 0 aliphatic carbocycles. The Balaban J connectivity index is 0. The number of guanidine groups is 1. The molecule has 0 aromatic carbocycles. The van der Waals surface area contributed by atoms with Crippen LogP contribution in [-0.4, -0.2) is 51.4 Å². The van der Waals surface area contributed by atoms with E-state index in [4.69, 9.17) is 9.47 Å². The van der Waals surface area contributed by atoms with Crippen LogP contribution in [0.2, 0.25) is 0 Å². The van der Waals surface area contributed by atoms with Crippen LogP contribution in [0.25, 0.3) is 0 Å². The molecule has 0 bridgehead atoms. The Labute approximate surface area is 177 Å². The maximum absolute atomic E-state index is 11.2. The highest BCUT2D eigenvalue weighted by molar-refractivity contribution is 14.0. The van der Waals surface area contributed by atoms with Gasteiger partial charge in [-0.2, -0.15) is 0 Å². The molecule has 0 aromatic heterocycles. The van der Waals surface area contributed by atoms with Crippen molar-refractivity contribution in [3.63, 3.8) is 0 Å². The molecule has 0 fully saturated rings. The summed E-state index contributed by atoms with van der Waals surface area (Å²) in [5, 5.41) is 6.63. The van der Waals surface area contributed by atoms with Gasteiger partial charge in [-0.05, 0) is 32.1 Å². The highest BCUT2D eigenvalue weighted by Gasteiger charge is 2.23. The summed E-state index contributed by atoms with van der Waals surface area (Å²) in [4.78, 5) is 15.9. The van der Waals surface area contributed by atoms with Gasteiger partial charge in [0.15, 0.2) is 5.96 Å². The van der Waals surface area contributed by atoms with Crippen LogP contribution < -0.4 is 10.6 Å². The van der Waals surface area contributed by atoms with Gasteiger partial charge in [-0.15, -0.1) is 24.0 Å². The topological polar surface area (TPSA) is 72.0 Å². The van der Waals surface area contributed by atoms with Gasteiger partial charge in [-0.3, -0.25) is 9.79 Å². The maximum Gasteiger partial charge on any atom is 0.305 e. The summed E-state index contributed by atoms with van der Waals surface area (Å²) in [6, 6.07) is 0. The SMILES string of the molecule is CCNC(=NCC(OC)C(C)(C)C)NCCCCCCC(=O)OCC.I. The third kappa shape index (κ3) is 14.6. The van der Waals surface area contributed by atoms with Gasteiger partial charge < -0.3 is 20.1 Å². The van der Waals surface area contributed by atoms with E-state index in [2.05, 4.69) is 43.3 Å². The van der Waals surface area contributed by atoms with E-state index < -0.39 is 0 Å². The standard InChI is InChI=1S/C19H39N3O3.HI/c1-7-20-18(22-15-16(24-6)19(3,4)5)21-14-12-10-9-11-13-17(23)25-8-2;/h16H,7-15H2,1-6H3,(H2,20,21,22);1H. The van der Waals surface area contributed by atoms with Crippen molar-refractivity contribution in [2.24, 2.45) is 10.4 Å². The minimum Gasteiger partial charge on any atom is -0.466 e. The van der Waals surface area contributed by atoms with Crippen LogP contribution in [0.4, 0.5) is 0 Å². The first-order valence-electron chi connectivity index (χ1n) is 9.55. The lowest BCUT2D eigenvalue weighted by Crippen LogP contribution is -2.39. The highest BCUT2D eigenvalue weighted by atomic mass is 127. The van der Waals surface area contributed by atoms with E-state index in [9.17, 15) is 4.79 Å². The first-order valence-corrected chi connectivity index (χ1v) is 9.55. The normalized spacial score (nSPS) is 12.9. The second kappa shape index (κ2) is 16.6. The van der Waals surface area contributed by atoms with Gasteiger partial charge in [-0.25, -0.2) is 0 Å². The number of aliphatic imine (C=N–C) groups is 1. The molecule has 26 heavy (non-hydrogen) atoms. The Morgan fingerprint density at radius 3 is 2.27 bits per heavy atom. The van der Waals surface area contributed by atoms with E-state index in [0.717, 1.165) is 44.7 Å². The minimum atomic E-state index is -0.0891. The van der Waals surface area contributed by atoms with Crippen LogP contribution in [-0.2, 0) is 14.3 Å². The smallest absolute Gasteiger partial charge is 0.305 e. The summed E-state index contributed by atoms with van der Waals surface area (Å²) in [5.41, 5.74) is 0.0640. The molecule has 6 nitrogen and oxygen atoms in total. The number of unbranched alkanes of at least 4 members (excludes halogenated alkanes) is 3. The number of hydrogen-bond acceptors (Lipinski definition) is 4. The molecule has 2 N–H and O–H groups in total. The summed E-state index contributed by atoms with van der Waals surface area (Å²) >= 11 is 0. The van der Waals surface area contributed by atoms with Crippen molar-refractivity contribution in [1.82, 2.24) is 10.6 Å². The van der Waals surface area contributed by atoms with Crippen molar-refractivity contribution >= 4 is 35.9 Å². The molecule has 0 aliphatic heterocycles. The van der Waals surface area contributed by atoms with E-state index >= 15 is 0 Å². The zero-order valence-electron chi connectivity index (χ0n) is 17.5. The number of methoxy groups -OCH3 is 1. The summed E-state index contributed by atoms with van der Waals surface area (Å²) in [7, 11) is 1.74. The van der Waals surface area contributed by atoms with Gasteiger partial charge >= 0.3 is 5.97 Å². The fraction of sp³-hybridized carbons (Fsp3) is 0.895. The molecule has 0 rings (SSSR count). The number of nitrogens with zero attached hydrogens (tertiary/aromatic N) is 1. The predicted octanol–water partition coefficient (Wildman–Crippen LogP) is 3.73. The number of esters is 1. The Hall–Kier alpha value is -0.570. The van der Waals surface area contributed by atoms with Gasteiger partial charge in [0.1, 0.15) is 0 Å². The van der Waals surface area contributed by atoms with Crippen molar-refractivity contribution in [2.45, 2.75) is 72.8 Å². The first kappa shape index (κ1) is 27.6. The molecule has 1 unspecified atom stereocenters. The number of nitrogens with one attached hydrogen (secondary N) is 2. The lowest BCUT2D eigenvalue weighted by molar-refractivity contribution is -0.143. The fourth-order valence-electron chi connectivity index (χ4n) is 2.41. The fourth-order valence-corrected chi connectivity index (χ4v) is 2.41. The maximum atomic E-state index is 11.2. The van der Waals surface area contributed by atoms with E-state index in [1.54, 1.807) is 7.11 Å². The first-order chi connectivity index (χ1) is 11.8. The number of carbonyl (C=O) groups excluding carboxylic acids is 1. The molecular formula is C19H40IN3O3. The molecule has 0 aromatic rings. The van der Waals surface area contributed by atoms with E-state index in [1.165, 1.54) is 0 Å². The third-order valence-electron chi connectivity index (χ3n) is 3.92. The monoisotopic (exact) mass is 485 g/mol. The van der Waals surface area contributed by atoms with Crippen LogP contribution in [0.3, 0.4) is 0 Å². The molecule has 0 amide bonds. The average molecular weight is 485 g/mol. The number of ether oxygens (including phenoxy) is 2. The van der Waals surface area contributed by atoms with Gasteiger partial charge in [0, 0.05) is 26.6 Å². The van der Waals surface area contributed by atoms with Gasteiger partial charge in [0.2, 0.25) is 0 Å². The molecule has 0 spiro atoms. The van der Waals surface area contributed by atoms with Crippen molar-refractivity contribution in [2.75, 3.05) is 33.4 Å². The van der Waals surface area contributed by atoms with Crippen LogP contribution in [0, 0.1) is 5.41 Å². The van der Waals surface area contributed by atoms with Crippen LogP contribution in [0.1, 0.15) is 66.7 Å². The molecule has 0 aliphatic rings. The van der Waals surface area contributed by atoms with Crippen LogP contribution in [0.15, 0.2) is 4.99 Å². The second-order valence-electron chi connectivity index (χ2n) is 7.21. The van der Waals surface area contributed by atoms with Crippen LogP contribution >= 0.6 is 24.0 Å². The average Bonchev–Trinajstić information content (AvgIpc) is 2.53. The predicted molar refractivity (Wildman–Crippen MR) is 119 cm³/mol. The van der Waals surface area contributed by atoms with Crippen molar-refractivity contribution in [3.8, 4) is 0 Å². The van der Waals surface area contributed by atoms with E-state index in [1.807, 2.05) is 6.92 Å². The van der Waals surface area contributed by atoms with Crippen molar-refractivity contribution in [1.29, 1.82) is 0 Å². The molecule has 0 saturated carbocycles. The zero-order chi connectivity index (χ0) is 19.1. The number of rotatable bonds is 12. The Morgan fingerprint density at radius 1 is 1.08 bits per heavy atom. The summed E-state index contributed by atoms with van der Waals surface area (Å²) < 4.78 is 10.5. The molecule has 7 heteroatoms. The Kier molecular flexibility index (Phi) is 17.6. The van der Waals surface area contributed by atoms with E-state index in [-0.39, 0.29) is 41.5 Å². The number of halogens is 1. The Morgan fingerprint density at radius 2 is 1.73 bits per heavy atom. The lowest BCUT2D eigenvalue weighted by Gasteiger charge is -2.28. The number of carbonyl (C=O) groups is 1. The second-order valence-corrected chi connectivity index (χ2v) is 7.21. The van der Waals surface area contributed by atoms with Gasteiger partial charge in [0.05, 0.1) is 19.3 Å². The van der Waals surface area contributed by atoms with Crippen molar-refractivity contribution < 1.29 is 14.3 Å². The van der Waals surface area contributed by atoms with Gasteiger partial charge in [-0.1, -0.05) is 33.6 Å². The molecule has 0 heterocycles. The molecule has 1 atom stereocenters. The largest absolute Gasteiger partial charge is 0.466 e. The van der Waals surface area contributed by atoms with Crippen LogP contribution in [0.5, 0.6) is 0 Å². The quantitative estimate of drug-likeness (QED) is 0.145. The lowest BCUT2D eigenvalue weighted by atomic mass is 9.89. The van der Waals surface area contributed by atoms with Gasteiger partial charge in [0.25, 0.3) is 0 Å². The molecular weight excluding hydrogens is 445 g/mol. The van der Waals surface area contributed by atoms with E-state index in [0.29, 0.717) is 19.6 Å². The minimum absolute atomic E-state index is 0. The summed E-state index contributed by atoms with van der Waals surface area (Å²) in [5.74, 6) is 0.744. The highest BCUT2D eigenvalue weighted by Crippen LogP contribution is 2.21. The molecule has 156 valence electrons. The zero-order valence-corrected chi connectivity index (χ0v) is 19.9. The number of hydrogen-bond donors (Lipinski definition) is 2. The summed E-state index contributed by atoms with van der Waals surface area (Å²) in [6.45, 7) is 13.2.